The molecule has 1 unspecified atom stereocenters. The van der Waals surface area contributed by atoms with Crippen molar-refractivity contribution in [3.05, 3.63) is 0 Å². The Bertz CT molecular complexity index is 329. The van der Waals surface area contributed by atoms with Gasteiger partial charge in [0.05, 0.1) is 0 Å². The van der Waals surface area contributed by atoms with Crippen molar-refractivity contribution in [3.63, 3.8) is 0 Å². The molecule has 2 N–H and O–H groups in total. The molecule has 0 aromatic heterocycles. The zero-order valence-corrected chi connectivity index (χ0v) is 12.2. The van der Waals surface area contributed by atoms with Gasteiger partial charge < -0.3 is 15.3 Å². The van der Waals surface area contributed by atoms with Crippen LogP contribution in [0.15, 0.2) is 0 Å². The maximum absolute atomic E-state index is 12.3. The van der Waals surface area contributed by atoms with Crippen molar-refractivity contribution in [3.8, 4) is 0 Å². The first-order valence-electron chi connectivity index (χ1n) is 7.33. The van der Waals surface area contributed by atoms with E-state index in [0.717, 1.165) is 25.7 Å². The van der Waals surface area contributed by atoms with Gasteiger partial charge in [-0.2, -0.15) is 0 Å². The van der Waals surface area contributed by atoms with Crippen molar-refractivity contribution in [1.29, 1.82) is 0 Å². The third-order valence-corrected chi connectivity index (χ3v) is 4.11. The molecule has 5 heteroatoms. The molecule has 2 amide bonds. The van der Waals surface area contributed by atoms with E-state index in [1.807, 2.05) is 20.8 Å². The summed E-state index contributed by atoms with van der Waals surface area (Å²) in [6.45, 7) is 6.54. The number of nitrogens with one attached hydrogen (secondary N) is 1. The van der Waals surface area contributed by atoms with Crippen LogP contribution >= 0.6 is 0 Å². The molecule has 0 saturated carbocycles. The predicted octanol–water partition coefficient (Wildman–Crippen LogP) is 2.60. The zero-order valence-electron chi connectivity index (χ0n) is 12.2. The molecule has 1 fully saturated rings. The minimum atomic E-state index is -0.995. The maximum atomic E-state index is 12.3. The molecule has 0 bridgehead atoms. The Kier molecular flexibility index (Phi) is 5.63. The normalized spacial score (nSPS) is 22.8. The monoisotopic (exact) mass is 270 g/mol. The number of hydrogen-bond acceptors (Lipinski definition) is 2. The Morgan fingerprint density at radius 3 is 2.42 bits per heavy atom. The third kappa shape index (κ3) is 3.19. The summed E-state index contributed by atoms with van der Waals surface area (Å²) >= 11 is 0. The molecule has 0 radical (unpaired) electrons. The fourth-order valence-electron chi connectivity index (χ4n) is 2.92. The highest BCUT2D eigenvalue weighted by molar-refractivity contribution is 5.87. The van der Waals surface area contributed by atoms with Crippen LogP contribution in [0.1, 0.15) is 59.3 Å². The van der Waals surface area contributed by atoms with Gasteiger partial charge in [0, 0.05) is 12.6 Å². The van der Waals surface area contributed by atoms with Gasteiger partial charge in [-0.05, 0) is 32.1 Å². The summed E-state index contributed by atoms with van der Waals surface area (Å²) in [6, 6.07) is -0.0942. The highest BCUT2D eigenvalue weighted by Crippen LogP contribution is 2.34. The predicted molar refractivity (Wildman–Crippen MR) is 74.1 cm³/mol. The number of carbonyl (C=O) groups is 2. The van der Waals surface area contributed by atoms with Gasteiger partial charge in [-0.15, -0.1) is 0 Å². The van der Waals surface area contributed by atoms with E-state index in [1.165, 1.54) is 4.90 Å². The van der Waals surface area contributed by atoms with Gasteiger partial charge >= 0.3 is 12.0 Å². The van der Waals surface area contributed by atoms with Crippen LogP contribution in [-0.4, -0.2) is 40.1 Å². The van der Waals surface area contributed by atoms with Gasteiger partial charge in [0.1, 0.15) is 5.54 Å². The molecule has 1 aliphatic heterocycles. The Balaban J connectivity index is 2.84. The number of likely N-dealkylation sites (tertiary alicyclic amines) is 1. The standard InChI is InChI=1S/C14H26N2O3/c1-4-8-14(12(17)18)9-7-10-16(14)13(19)15-11(5-2)6-3/h11H,4-10H2,1-3H3,(H,15,19)(H,17,18). The lowest BCUT2D eigenvalue weighted by Crippen LogP contribution is -2.57. The third-order valence-electron chi connectivity index (χ3n) is 4.11. The lowest BCUT2D eigenvalue weighted by molar-refractivity contribution is -0.148. The molecule has 0 aromatic carbocycles. The average molecular weight is 270 g/mol. The number of rotatable bonds is 6. The van der Waals surface area contributed by atoms with E-state index in [2.05, 4.69) is 5.32 Å². The highest BCUT2D eigenvalue weighted by Gasteiger charge is 2.49. The number of carboxylic acids is 1. The Hall–Kier alpha value is -1.26. The Labute approximate surface area is 115 Å². The van der Waals surface area contributed by atoms with Crippen molar-refractivity contribution in [2.45, 2.75) is 70.9 Å². The number of carbonyl (C=O) groups excluding carboxylic acids is 1. The van der Waals surface area contributed by atoms with Crippen LogP contribution in [0.2, 0.25) is 0 Å². The van der Waals surface area contributed by atoms with Crippen LogP contribution < -0.4 is 5.32 Å². The maximum Gasteiger partial charge on any atom is 0.329 e. The number of aliphatic carboxylic acids is 1. The molecule has 1 saturated heterocycles. The average Bonchev–Trinajstić information content (AvgIpc) is 2.81. The van der Waals surface area contributed by atoms with Crippen molar-refractivity contribution in [2.24, 2.45) is 0 Å². The molecule has 1 rings (SSSR count). The first kappa shape index (κ1) is 15.8. The number of urea groups is 1. The van der Waals surface area contributed by atoms with E-state index in [4.69, 9.17) is 0 Å². The van der Waals surface area contributed by atoms with Gasteiger partial charge in [-0.25, -0.2) is 9.59 Å². The lowest BCUT2D eigenvalue weighted by atomic mass is 9.91. The van der Waals surface area contributed by atoms with Gasteiger partial charge in [-0.1, -0.05) is 27.2 Å². The Morgan fingerprint density at radius 2 is 1.95 bits per heavy atom. The van der Waals surface area contributed by atoms with Crippen molar-refractivity contribution < 1.29 is 14.7 Å². The summed E-state index contributed by atoms with van der Waals surface area (Å²) in [5, 5.41) is 12.5. The van der Waals surface area contributed by atoms with E-state index in [0.29, 0.717) is 19.4 Å². The van der Waals surface area contributed by atoms with E-state index in [9.17, 15) is 14.7 Å². The van der Waals surface area contributed by atoms with E-state index in [-0.39, 0.29) is 12.1 Å². The number of hydrogen-bond donors (Lipinski definition) is 2. The lowest BCUT2D eigenvalue weighted by Gasteiger charge is -2.35. The molecular weight excluding hydrogens is 244 g/mol. The molecule has 1 heterocycles. The number of nitrogens with zero attached hydrogens (tertiary/aromatic N) is 1. The van der Waals surface area contributed by atoms with Crippen LogP contribution in [0, 0.1) is 0 Å². The summed E-state index contributed by atoms with van der Waals surface area (Å²) in [7, 11) is 0. The smallest absolute Gasteiger partial charge is 0.329 e. The van der Waals surface area contributed by atoms with Crippen molar-refractivity contribution >= 4 is 12.0 Å². The summed E-state index contributed by atoms with van der Waals surface area (Å²) in [6.07, 6.45) is 4.35. The van der Waals surface area contributed by atoms with Crippen LogP contribution in [0.25, 0.3) is 0 Å². The van der Waals surface area contributed by atoms with Gasteiger partial charge in [-0.3, -0.25) is 0 Å². The fraction of sp³-hybridized carbons (Fsp3) is 0.857. The summed E-state index contributed by atoms with van der Waals surface area (Å²) in [5.74, 6) is -0.869. The second-order valence-electron chi connectivity index (χ2n) is 5.30. The van der Waals surface area contributed by atoms with Crippen LogP contribution in [-0.2, 0) is 4.79 Å². The number of carboxylic acid groups (broad SMARTS) is 1. The van der Waals surface area contributed by atoms with Gasteiger partial charge in [0.25, 0.3) is 0 Å². The molecule has 5 nitrogen and oxygen atoms in total. The first-order chi connectivity index (χ1) is 9.01. The molecule has 19 heavy (non-hydrogen) atoms. The largest absolute Gasteiger partial charge is 0.479 e. The second-order valence-corrected chi connectivity index (χ2v) is 5.30. The molecule has 110 valence electrons. The minimum Gasteiger partial charge on any atom is -0.479 e. The summed E-state index contributed by atoms with van der Waals surface area (Å²) < 4.78 is 0. The van der Waals surface area contributed by atoms with Crippen LogP contribution in [0.4, 0.5) is 4.79 Å². The zero-order chi connectivity index (χ0) is 14.5. The van der Waals surface area contributed by atoms with Gasteiger partial charge in [0.15, 0.2) is 0 Å². The van der Waals surface area contributed by atoms with E-state index in [1.54, 1.807) is 0 Å². The highest BCUT2D eigenvalue weighted by atomic mass is 16.4. The van der Waals surface area contributed by atoms with Crippen molar-refractivity contribution in [1.82, 2.24) is 10.2 Å². The molecule has 1 atom stereocenters. The fourth-order valence-corrected chi connectivity index (χ4v) is 2.92. The molecule has 0 spiro atoms. The first-order valence-corrected chi connectivity index (χ1v) is 7.33. The molecule has 0 aromatic rings. The van der Waals surface area contributed by atoms with Crippen molar-refractivity contribution in [2.75, 3.05) is 6.54 Å². The minimum absolute atomic E-state index is 0.126. The van der Waals surface area contributed by atoms with Crippen LogP contribution in [0.5, 0.6) is 0 Å². The second kappa shape index (κ2) is 6.78. The molecule has 0 aliphatic carbocycles. The Morgan fingerprint density at radius 1 is 1.32 bits per heavy atom. The summed E-state index contributed by atoms with van der Waals surface area (Å²) in [5.41, 5.74) is -0.995. The summed E-state index contributed by atoms with van der Waals surface area (Å²) in [4.78, 5) is 25.5. The van der Waals surface area contributed by atoms with E-state index < -0.39 is 11.5 Å². The number of amides is 2. The van der Waals surface area contributed by atoms with E-state index >= 15 is 0 Å². The van der Waals surface area contributed by atoms with Crippen LogP contribution in [0.3, 0.4) is 0 Å². The van der Waals surface area contributed by atoms with Gasteiger partial charge in [0.2, 0.25) is 0 Å². The topological polar surface area (TPSA) is 69.6 Å². The quantitative estimate of drug-likeness (QED) is 0.779. The molecular formula is C14H26N2O3. The molecule has 1 aliphatic rings. The SMILES string of the molecule is CCCC1(C(=O)O)CCCN1C(=O)NC(CC)CC.